The minimum Gasteiger partial charge on any atom is -0.330 e. The Kier molecular flexibility index (Phi) is 7.10. The third-order valence-electron chi connectivity index (χ3n) is 3.51. The lowest BCUT2D eigenvalue weighted by Crippen LogP contribution is -2.23. The van der Waals surface area contributed by atoms with Crippen LogP contribution >= 0.6 is 46.0 Å². The van der Waals surface area contributed by atoms with Gasteiger partial charge in [0.2, 0.25) is 0 Å². The average molecular weight is 393 g/mol. The molecule has 2 aromatic carbocycles. The molecule has 0 aromatic heterocycles. The highest BCUT2D eigenvalue weighted by Gasteiger charge is 2.13. The van der Waals surface area contributed by atoms with Gasteiger partial charge in [-0.05, 0) is 70.8 Å². The molecule has 0 aliphatic rings. The molecule has 2 rings (SSSR count). The zero-order valence-corrected chi connectivity index (χ0v) is 17.4. The van der Waals surface area contributed by atoms with Crippen molar-refractivity contribution in [1.29, 1.82) is 0 Å². The van der Waals surface area contributed by atoms with Crippen molar-refractivity contribution < 1.29 is 0 Å². The van der Waals surface area contributed by atoms with Gasteiger partial charge in [0.25, 0.3) is 0 Å². The van der Waals surface area contributed by atoms with Gasteiger partial charge in [0.15, 0.2) is 8.64 Å². The fourth-order valence-electron chi connectivity index (χ4n) is 2.07. The molecule has 0 spiro atoms. The Morgan fingerprint density at radius 1 is 0.750 bits per heavy atom. The number of aryl methyl sites for hydroxylation is 2. The fraction of sp³-hybridized carbons (Fsp3) is 0.222. The smallest absolute Gasteiger partial charge is 0.151 e. The van der Waals surface area contributed by atoms with Crippen LogP contribution in [0.3, 0.4) is 0 Å². The normalized spacial score (nSPS) is 10.3. The molecule has 0 saturated carbocycles. The number of benzene rings is 2. The van der Waals surface area contributed by atoms with E-state index < -0.39 is 0 Å². The number of thiocarbonyl (C=S) groups is 2. The van der Waals surface area contributed by atoms with Crippen LogP contribution < -0.4 is 9.80 Å². The Balaban J connectivity index is 1.94. The van der Waals surface area contributed by atoms with Gasteiger partial charge in [0.1, 0.15) is 0 Å². The SMILES string of the molecule is Cc1cccc(N(C)C(=S)SSC(=S)N(C)c2cccc(C)c2)c1. The largest absolute Gasteiger partial charge is 0.330 e. The molecule has 0 radical (unpaired) electrons. The van der Waals surface area contributed by atoms with Gasteiger partial charge in [-0.25, -0.2) is 0 Å². The first-order valence-corrected chi connectivity index (χ1v) is 10.4. The van der Waals surface area contributed by atoms with Crippen LogP contribution in [0.25, 0.3) is 0 Å². The molecule has 0 heterocycles. The van der Waals surface area contributed by atoms with Gasteiger partial charge in [-0.15, -0.1) is 0 Å². The summed E-state index contributed by atoms with van der Waals surface area (Å²) < 4.78 is 1.57. The Morgan fingerprint density at radius 2 is 1.12 bits per heavy atom. The average Bonchev–Trinajstić information content (AvgIpc) is 2.58. The third-order valence-corrected chi connectivity index (χ3v) is 7.30. The Hall–Kier alpha value is -1.08. The van der Waals surface area contributed by atoms with Gasteiger partial charge in [0, 0.05) is 25.5 Å². The Morgan fingerprint density at radius 3 is 1.46 bits per heavy atom. The fourth-order valence-corrected chi connectivity index (χ4v) is 4.57. The van der Waals surface area contributed by atoms with Crippen LogP contribution in [0, 0.1) is 13.8 Å². The van der Waals surface area contributed by atoms with Gasteiger partial charge in [-0.1, -0.05) is 48.7 Å². The first kappa shape index (κ1) is 19.2. The van der Waals surface area contributed by atoms with Crippen LogP contribution in [0.1, 0.15) is 11.1 Å². The zero-order chi connectivity index (χ0) is 17.7. The van der Waals surface area contributed by atoms with E-state index in [1.165, 1.54) is 32.7 Å². The highest BCUT2D eigenvalue weighted by Crippen LogP contribution is 2.31. The van der Waals surface area contributed by atoms with Crippen molar-refractivity contribution in [2.24, 2.45) is 0 Å². The molecule has 0 bridgehead atoms. The zero-order valence-electron chi connectivity index (χ0n) is 14.1. The van der Waals surface area contributed by atoms with Gasteiger partial charge in [-0.2, -0.15) is 0 Å². The molecule has 0 saturated heterocycles. The van der Waals surface area contributed by atoms with Crippen molar-refractivity contribution in [3.8, 4) is 0 Å². The third kappa shape index (κ3) is 5.21. The molecule has 0 N–H and O–H groups in total. The molecule has 0 aliphatic heterocycles. The maximum atomic E-state index is 5.53. The van der Waals surface area contributed by atoms with Crippen LogP contribution in [0.4, 0.5) is 11.4 Å². The van der Waals surface area contributed by atoms with E-state index in [0.717, 1.165) is 20.0 Å². The summed E-state index contributed by atoms with van der Waals surface area (Å²) >= 11 is 11.1. The van der Waals surface area contributed by atoms with Gasteiger partial charge in [-0.3, -0.25) is 0 Å². The highest BCUT2D eigenvalue weighted by atomic mass is 33.1. The molecule has 0 aliphatic carbocycles. The molecular weight excluding hydrogens is 372 g/mol. The van der Waals surface area contributed by atoms with E-state index in [4.69, 9.17) is 24.4 Å². The summed E-state index contributed by atoms with van der Waals surface area (Å²) in [4.78, 5) is 4.02. The summed E-state index contributed by atoms with van der Waals surface area (Å²) in [6.45, 7) is 4.16. The molecule has 126 valence electrons. The van der Waals surface area contributed by atoms with E-state index in [2.05, 4.69) is 50.2 Å². The minimum atomic E-state index is 0.783. The van der Waals surface area contributed by atoms with Crippen molar-refractivity contribution in [3.05, 3.63) is 59.7 Å². The van der Waals surface area contributed by atoms with Gasteiger partial charge >= 0.3 is 0 Å². The summed E-state index contributed by atoms with van der Waals surface area (Å²) in [6.07, 6.45) is 0. The lowest BCUT2D eigenvalue weighted by Gasteiger charge is -2.22. The van der Waals surface area contributed by atoms with Crippen LogP contribution in [-0.4, -0.2) is 22.7 Å². The number of anilines is 2. The summed E-state index contributed by atoms with van der Waals surface area (Å²) in [5.74, 6) is 0. The summed E-state index contributed by atoms with van der Waals surface area (Å²) in [6, 6.07) is 16.6. The van der Waals surface area contributed by atoms with E-state index >= 15 is 0 Å². The maximum absolute atomic E-state index is 5.53. The second-order valence-corrected chi connectivity index (χ2v) is 8.89. The quantitative estimate of drug-likeness (QED) is 0.465. The second-order valence-electron chi connectivity index (χ2n) is 5.49. The van der Waals surface area contributed by atoms with E-state index in [-0.39, 0.29) is 0 Å². The number of rotatable bonds is 2. The van der Waals surface area contributed by atoms with Crippen LogP contribution in [-0.2, 0) is 0 Å². The molecule has 2 nitrogen and oxygen atoms in total. The van der Waals surface area contributed by atoms with Crippen molar-refractivity contribution in [2.45, 2.75) is 13.8 Å². The van der Waals surface area contributed by atoms with E-state index in [9.17, 15) is 0 Å². The molecule has 0 atom stereocenters. The van der Waals surface area contributed by atoms with Crippen LogP contribution in [0.2, 0.25) is 0 Å². The molecule has 24 heavy (non-hydrogen) atoms. The van der Waals surface area contributed by atoms with Crippen molar-refractivity contribution in [2.75, 3.05) is 23.9 Å². The monoisotopic (exact) mass is 392 g/mol. The van der Waals surface area contributed by atoms with E-state index in [0.29, 0.717) is 0 Å². The molecular formula is C18H20N2S4. The number of nitrogens with zero attached hydrogens (tertiary/aromatic N) is 2. The van der Waals surface area contributed by atoms with Crippen molar-refractivity contribution in [1.82, 2.24) is 0 Å². The van der Waals surface area contributed by atoms with E-state index in [1.807, 2.05) is 36.0 Å². The summed E-state index contributed by atoms with van der Waals surface area (Å²) in [5, 5.41) is 0. The number of hydrogen-bond acceptors (Lipinski definition) is 4. The second kappa shape index (κ2) is 8.85. The standard InChI is InChI=1S/C18H20N2S4/c1-13-7-5-9-15(11-13)19(3)17(21)23-24-18(22)20(4)16-10-6-8-14(2)12-16/h5-12H,1-4H3. The van der Waals surface area contributed by atoms with E-state index in [1.54, 1.807) is 0 Å². The lowest BCUT2D eigenvalue weighted by atomic mass is 10.2. The lowest BCUT2D eigenvalue weighted by molar-refractivity contribution is 1.29. The van der Waals surface area contributed by atoms with Crippen molar-refractivity contribution >= 4 is 66.0 Å². The van der Waals surface area contributed by atoms with Crippen LogP contribution in [0.15, 0.2) is 48.5 Å². The summed E-state index contributed by atoms with van der Waals surface area (Å²) in [7, 11) is 6.99. The first-order chi connectivity index (χ1) is 11.4. The predicted octanol–water partition coefficient (Wildman–Crippen LogP) is 5.83. The molecule has 0 amide bonds. The van der Waals surface area contributed by atoms with Crippen molar-refractivity contribution in [3.63, 3.8) is 0 Å². The van der Waals surface area contributed by atoms with Gasteiger partial charge < -0.3 is 9.80 Å². The molecule has 2 aromatic rings. The number of hydrogen-bond donors (Lipinski definition) is 0. The minimum absolute atomic E-state index is 0.783. The highest BCUT2D eigenvalue weighted by molar-refractivity contribution is 8.89. The Labute approximate surface area is 163 Å². The van der Waals surface area contributed by atoms with Crippen LogP contribution in [0.5, 0.6) is 0 Å². The Bertz CT molecular complexity index is 682. The van der Waals surface area contributed by atoms with Gasteiger partial charge in [0.05, 0.1) is 0 Å². The maximum Gasteiger partial charge on any atom is 0.151 e. The predicted molar refractivity (Wildman–Crippen MR) is 120 cm³/mol. The first-order valence-electron chi connectivity index (χ1n) is 7.41. The molecule has 0 fully saturated rings. The summed E-state index contributed by atoms with van der Waals surface area (Å²) in [5.41, 5.74) is 4.61. The molecule has 6 heteroatoms. The molecule has 0 unspecified atom stereocenters. The topological polar surface area (TPSA) is 6.48 Å².